The second kappa shape index (κ2) is 4.99. The highest BCUT2D eigenvalue weighted by Gasteiger charge is 2.37. The van der Waals surface area contributed by atoms with Crippen molar-refractivity contribution in [3.05, 3.63) is 29.3 Å². The smallest absolute Gasteiger partial charge is 0.374 e. The molecule has 0 radical (unpaired) electrons. The fraction of sp³-hybridized carbons (Fsp3) is 0.364. The summed E-state index contributed by atoms with van der Waals surface area (Å²) in [5.74, 6) is 0. The summed E-state index contributed by atoms with van der Waals surface area (Å²) in [5.41, 5.74) is -2.26. The maximum absolute atomic E-state index is 12.6. The lowest BCUT2D eigenvalue weighted by molar-refractivity contribution is -0.138. The molecule has 104 valence electrons. The molecule has 0 spiro atoms. The summed E-state index contributed by atoms with van der Waals surface area (Å²) in [4.78, 5) is 0. The summed E-state index contributed by atoms with van der Waals surface area (Å²) < 4.78 is 74.6. The molecule has 1 N–H and O–H groups in total. The number of nitrogens with one attached hydrogen (secondary N) is 1. The van der Waals surface area contributed by atoms with Crippen LogP contribution in [-0.4, -0.2) is 12.2 Å². The number of rotatable bonds is 2. The molecule has 8 heteroatoms. The molecule has 1 aromatic rings. The summed E-state index contributed by atoms with van der Waals surface area (Å²) in [6, 6.07) is 1.65. The molecule has 0 aliphatic rings. The Balaban J connectivity index is 3.11. The lowest BCUT2D eigenvalue weighted by Crippen LogP contribution is -2.33. The Labute approximate surface area is 104 Å². The molecular formula is C11H8F6N2. The topological polar surface area (TPSA) is 35.8 Å². The van der Waals surface area contributed by atoms with Crippen LogP contribution in [0.2, 0.25) is 0 Å². The monoisotopic (exact) mass is 282 g/mol. The molecular weight excluding hydrogens is 274 g/mol. The Bertz CT molecular complexity index is 497. The van der Waals surface area contributed by atoms with Crippen molar-refractivity contribution in [2.24, 2.45) is 0 Å². The summed E-state index contributed by atoms with van der Waals surface area (Å²) in [7, 11) is 0. The molecule has 0 aromatic heterocycles. The first kappa shape index (κ1) is 15.1. The Morgan fingerprint density at radius 2 is 1.74 bits per heavy atom. The third-order valence-electron chi connectivity index (χ3n) is 2.32. The molecule has 19 heavy (non-hydrogen) atoms. The van der Waals surface area contributed by atoms with Gasteiger partial charge >= 0.3 is 12.4 Å². The molecule has 0 saturated heterocycles. The van der Waals surface area contributed by atoms with Crippen LogP contribution in [0.25, 0.3) is 0 Å². The zero-order valence-electron chi connectivity index (χ0n) is 9.52. The van der Waals surface area contributed by atoms with Gasteiger partial charge in [-0.25, -0.2) is 0 Å². The minimum Gasteiger partial charge on any atom is -0.374 e. The van der Waals surface area contributed by atoms with E-state index in [0.29, 0.717) is 6.07 Å². The van der Waals surface area contributed by atoms with E-state index in [1.165, 1.54) is 6.07 Å². The molecule has 0 amide bonds. The van der Waals surface area contributed by atoms with E-state index in [-0.39, 0.29) is 5.69 Å². The second-order valence-electron chi connectivity index (χ2n) is 3.78. The predicted octanol–water partition coefficient (Wildman–Crippen LogP) is 3.94. The zero-order chi connectivity index (χ0) is 14.8. The third kappa shape index (κ3) is 3.77. The van der Waals surface area contributed by atoms with Crippen LogP contribution in [0.15, 0.2) is 18.2 Å². The molecule has 1 rings (SSSR count). The van der Waals surface area contributed by atoms with Crippen molar-refractivity contribution in [1.82, 2.24) is 0 Å². The lowest BCUT2D eigenvalue weighted by Gasteiger charge is -2.19. The van der Waals surface area contributed by atoms with Crippen molar-refractivity contribution in [3.63, 3.8) is 0 Å². The molecule has 0 saturated carbocycles. The fourth-order valence-corrected chi connectivity index (χ4v) is 1.30. The zero-order valence-corrected chi connectivity index (χ0v) is 9.52. The largest absolute Gasteiger partial charge is 0.417 e. The van der Waals surface area contributed by atoms with Gasteiger partial charge in [-0.15, -0.1) is 0 Å². The SMILES string of the molecule is CC(Nc1ccc(C#N)c(C(F)(F)F)c1)C(F)(F)F. The molecule has 1 aromatic carbocycles. The number of hydrogen-bond donors (Lipinski definition) is 1. The highest BCUT2D eigenvalue weighted by atomic mass is 19.4. The Hall–Kier alpha value is -1.91. The fourth-order valence-electron chi connectivity index (χ4n) is 1.30. The quantitative estimate of drug-likeness (QED) is 0.834. The Morgan fingerprint density at radius 1 is 1.16 bits per heavy atom. The normalized spacial score (nSPS) is 13.8. The van der Waals surface area contributed by atoms with Crippen LogP contribution in [0, 0.1) is 11.3 Å². The first-order valence-electron chi connectivity index (χ1n) is 5.00. The van der Waals surface area contributed by atoms with Gasteiger partial charge in [0.05, 0.1) is 17.2 Å². The van der Waals surface area contributed by atoms with Gasteiger partial charge in [-0.3, -0.25) is 0 Å². The highest BCUT2D eigenvalue weighted by Crippen LogP contribution is 2.34. The van der Waals surface area contributed by atoms with E-state index in [1.54, 1.807) is 0 Å². The number of hydrogen-bond acceptors (Lipinski definition) is 2. The van der Waals surface area contributed by atoms with Gasteiger partial charge in [0.25, 0.3) is 0 Å². The van der Waals surface area contributed by atoms with Crippen molar-refractivity contribution < 1.29 is 26.3 Å². The van der Waals surface area contributed by atoms with Gasteiger partial charge in [-0.2, -0.15) is 31.6 Å². The van der Waals surface area contributed by atoms with E-state index in [1.807, 2.05) is 5.32 Å². The number of nitrogens with zero attached hydrogens (tertiary/aromatic N) is 1. The van der Waals surface area contributed by atoms with Gasteiger partial charge < -0.3 is 5.32 Å². The predicted molar refractivity (Wildman–Crippen MR) is 55.3 cm³/mol. The minimum absolute atomic E-state index is 0.351. The van der Waals surface area contributed by atoms with Crippen LogP contribution in [0.1, 0.15) is 18.1 Å². The number of halogens is 6. The first-order valence-corrected chi connectivity index (χ1v) is 5.00. The molecule has 0 heterocycles. The number of anilines is 1. The lowest BCUT2D eigenvalue weighted by atomic mass is 10.1. The molecule has 1 unspecified atom stereocenters. The van der Waals surface area contributed by atoms with Crippen molar-refractivity contribution in [3.8, 4) is 6.07 Å². The van der Waals surface area contributed by atoms with Crippen LogP contribution in [0.3, 0.4) is 0 Å². The van der Waals surface area contributed by atoms with Crippen molar-refractivity contribution in [2.75, 3.05) is 5.32 Å². The second-order valence-corrected chi connectivity index (χ2v) is 3.78. The molecule has 0 aliphatic carbocycles. The van der Waals surface area contributed by atoms with Crippen LogP contribution in [0.4, 0.5) is 32.0 Å². The number of benzene rings is 1. The van der Waals surface area contributed by atoms with Gasteiger partial charge in [-0.05, 0) is 25.1 Å². The maximum atomic E-state index is 12.6. The Kier molecular flexibility index (Phi) is 3.98. The number of alkyl halides is 6. The summed E-state index contributed by atoms with van der Waals surface area (Å²) in [5, 5.41) is 10.4. The van der Waals surface area contributed by atoms with Gasteiger partial charge in [0.15, 0.2) is 0 Å². The molecule has 0 bridgehead atoms. The van der Waals surface area contributed by atoms with E-state index in [2.05, 4.69) is 0 Å². The van der Waals surface area contributed by atoms with Crippen molar-refractivity contribution in [2.45, 2.75) is 25.3 Å². The van der Waals surface area contributed by atoms with Crippen molar-refractivity contribution in [1.29, 1.82) is 5.26 Å². The average Bonchev–Trinajstić information content (AvgIpc) is 2.26. The van der Waals surface area contributed by atoms with E-state index in [9.17, 15) is 26.3 Å². The number of nitriles is 1. The van der Waals surface area contributed by atoms with Gasteiger partial charge in [-0.1, -0.05) is 0 Å². The highest BCUT2D eigenvalue weighted by molar-refractivity contribution is 5.53. The molecule has 2 nitrogen and oxygen atoms in total. The van der Waals surface area contributed by atoms with Gasteiger partial charge in [0, 0.05) is 5.69 Å². The summed E-state index contributed by atoms with van der Waals surface area (Å²) in [6.07, 6.45) is -9.38. The minimum atomic E-state index is -4.80. The van der Waals surface area contributed by atoms with Crippen molar-refractivity contribution >= 4 is 5.69 Å². The first-order chi connectivity index (χ1) is 8.55. The van der Waals surface area contributed by atoms with E-state index in [4.69, 9.17) is 5.26 Å². The standard InChI is InChI=1S/C11H8F6N2/c1-6(10(12,13)14)19-8-3-2-7(5-18)9(4-8)11(15,16)17/h2-4,6,19H,1H3. The van der Waals surface area contributed by atoms with Gasteiger partial charge in [0.2, 0.25) is 0 Å². The van der Waals surface area contributed by atoms with Crippen LogP contribution >= 0.6 is 0 Å². The Morgan fingerprint density at radius 3 is 2.16 bits per heavy atom. The van der Waals surface area contributed by atoms with Crippen LogP contribution in [0.5, 0.6) is 0 Å². The van der Waals surface area contributed by atoms with E-state index >= 15 is 0 Å². The van der Waals surface area contributed by atoms with Crippen LogP contribution in [-0.2, 0) is 6.18 Å². The summed E-state index contributed by atoms with van der Waals surface area (Å²) in [6.45, 7) is 0.783. The molecule has 0 aliphatic heterocycles. The third-order valence-corrected chi connectivity index (χ3v) is 2.32. The summed E-state index contributed by atoms with van der Waals surface area (Å²) >= 11 is 0. The maximum Gasteiger partial charge on any atom is 0.417 e. The van der Waals surface area contributed by atoms with Gasteiger partial charge in [0.1, 0.15) is 6.04 Å². The molecule has 1 atom stereocenters. The van der Waals surface area contributed by atoms with E-state index in [0.717, 1.165) is 19.1 Å². The van der Waals surface area contributed by atoms with Crippen LogP contribution < -0.4 is 5.32 Å². The average molecular weight is 282 g/mol. The van der Waals surface area contributed by atoms with E-state index < -0.39 is 29.5 Å². The molecule has 0 fully saturated rings.